The molecule has 1 aromatic carbocycles. The first-order valence-corrected chi connectivity index (χ1v) is 7.79. The third kappa shape index (κ3) is 4.29. The number of amides is 1. The number of nitriles is 1. The zero-order chi connectivity index (χ0) is 13.5. The minimum atomic E-state index is 0.251. The molecular weight excluding hydrogens is 256 g/mol. The van der Waals surface area contributed by atoms with Crippen molar-refractivity contribution in [3.05, 3.63) is 35.4 Å². The molecule has 0 unspecified atom stereocenters. The van der Waals surface area contributed by atoms with Gasteiger partial charge in [0.1, 0.15) is 0 Å². The molecule has 0 atom stereocenters. The van der Waals surface area contributed by atoms with Crippen LogP contribution in [0.4, 0.5) is 0 Å². The molecule has 0 radical (unpaired) electrons. The summed E-state index contributed by atoms with van der Waals surface area (Å²) in [6.07, 6.45) is 3.53. The van der Waals surface area contributed by atoms with Crippen LogP contribution in [0.1, 0.15) is 30.4 Å². The van der Waals surface area contributed by atoms with Crippen molar-refractivity contribution in [3.63, 3.8) is 0 Å². The maximum absolute atomic E-state index is 12.0. The Morgan fingerprint density at radius 3 is 2.84 bits per heavy atom. The van der Waals surface area contributed by atoms with Crippen LogP contribution in [0.25, 0.3) is 0 Å². The van der Waals surface area contributed by atoms with Crippen molar-refractivity contribution in [2.75, 3.05) is 18.8 Å². The lowest BCUT2D eigenvalue weighted by atomic mass is 10.1. The molecule has 0 aliphatic carbocycles. The van der Waals surface area contributed by atoms with Gasteiger partial charge in [-0.2, -0.15) is 5.26 Å². The predicted octanol–water partition coefficient (Wildman–Crippen LogP) is 2.80. The topological polar surface area (TPSA) is 44.1 Å². The second-order valence-electron chi connectivity index (χ2n) is 4.75. The lowest BCUT2D eigenvalue weighted by molar-refractivity contribution is -0.129. The van der Waals surface area contributed by atoms with E-state index in [1.807, 2.05) is 23.1 Å². The number of piperidine rings is 1. The lowest BCUT2D eigenvalue weighted by Gasteiger charge is -2.26. The van der Waals surface area contributed by atoms with E-state index >= 15 is 0 Å². The van der Waals surface area contributed by atoms with Crippen LogP contribution >= 0.6 is 11.8 Å². The van der Waals surface area contributed by atoms with E-state index in [1.54, 1.807) is 17.8 Å². The van der Waals surface area contributed by atoms with E-state index in [2.05, 4.69) is 6.07 Å². The summed E-state index contributed by atoms with van der Waals surface area (Å²) in [7, 11) is 0. The van der Waals surface area contributed by atoms with Crippen LogP contribution in [0.15, 0.2) is 24.3 Å². The quantitative estimate of drug-likeness (QED) is 0.848. The van der Waals surface area contributed by atoms with Gasteiger partial charge in [-0.25, -0.2) is 0 Å². The number of rotatable bonds is 4. The van der Waals surface area contributed by atoms with Gasteiger partial charge in [-0.05, 0) is 37.0 Å². The predicted molar refractivity (Wildman–Crippen MR) is 77.8 cm³/mol. The van der Waals surface area contributed by atoms with E-state index in [1.165, 1.54) is 6.42 Å². The van der Waals surface area contributed by atoms with Gasteiger partial charge in [0.15, 0.2) is 0 Å². The number of carbonyl (C=O) groups is 1. The van der Waals surface area contributed by atoms with Crippen molar-refractivity contribution in [2.45, 2.75) is 25.0 Å². The van der Waals surface area contributed by atoms with E-state index in [-0.39, 0.29) is 5.91 Å². The average Bonchev–Trinajstić information content (AvgIpc) is 2.48. The molecule has 1 saturated heterocycles. The summed E-state index contributed by atoms with van der Waals surface area (Å²) in [5.41, 5.74) is 1.79. The second-order valence-corrected chi connectivity index (χ2v) is 5.73. The van der Waals surface area contributed by atoms with Gasteiger partial charge in [0.2, 0.25) is 5.91 Å². The molecule has 1 heterocycles. The first-order valence-electron chi connectivity index (χ1n) is 6.64. The Bertz CT molecular complexity index is 475. The van der Waals surface area contributed by atoms with Crippen molar-refractivity contribution >= 4 is 17.7 Å². The first kappa shape index (κ1) is 14.0. The molecule has 100 valence electrons. The van der Waals surface area contributed by atoms with Crippen molar-refractivity contribution in [3.8, 4) is 6.07 Å². The summed E-state index contributed by atoms with van der Waals surface area (Å²) in [6.45, 7) is 1.84. The zero-order valence-corrected chi connectivity index (χ0v) is 11.8. The Morgan fingerprint density at radius 1 is 1.32 bits per heavy atom. The molecule has 1 amide bonds. The minimum Gasteiger partial charge on any atom is -0.342 e. The van der Waals surface area contributed by atoms with Gasteiger partial charge in [-0.1, -0.05) is 12.1 Å². The SMILES string of the molecule is N#Cc1cccc(CSCC(=O)N2CCCCC2)c1. The number of benzene rings is 1. The summed E-state index contributed by atoms with van der Waals surface area (Å²) in [6, 6.07) is 9.71. The van der Waals surface area contributed by atoms with Crippen LogP contribution in [0.5, 0.6) is 0 Å². The highest BCUT2D eigenvalue weighted by molar-refractivity contribution is 7.99. The number of nitrogens with zero attached hydrogens (tertiary/aromatic N) is 2. The molecule has 2 rings (SSSR count). The van der Waals surface area contributed by atoms with Crippen molar-refractivity contribution in [2.24, 2.45) is 0 Å². The Balaban J connectivity index is 1.76. The van der Waals surface area contributed by atoms with Gasteiger partial charge in [0.25, 0.3) is 0 Å². The standard InChI is InChI=1S/C15H18N2OS/c16-10-13-5-4-6-14(9-13)11-19-12-15(18)17-7-2-1-3-8-17/h4-6,9H,1-3,7-8,11-12H2. The van der Waals surface area contributed by atoms with Crippen LogP contribution in [0.2, 0.25) is 0 Å². The average molecular weight is 274 g/mol. The molecule has 0 N–H and O–H groups in total. The van der Waals surface area contributed by atoms with E-state index in [4.69, 9.17) is 5.26 Å². The molecule has 0 bridgehead atoms. The van der Waals surface area contributed by atoms with E-state index < -0.39 is 0 Å². The summed E-state index contributed by atoms with van der Waals surface area (Å²) < 4.78 is 0. The number of thioether (sulfide) groups is 1. The first-order chi connectivity index (χ1) is 9.29. The van der Waals surface area contributed by atoms with Gasteiger partial charge < -0.3 is 4.90 Å². The molecule has 1 fully saturated rings. The Labute approximate surface area is 118 Å². The highest BCUT2D eigenvalue weighted by Crippen LogP contribution is 2.16. The van der Waals surface area contributed by atoms with Crippen LogP contribution in [-0.4, -0.2) is 29.6 Å². The van der Waals surface area contributed by atoms with Gasteiger partial charge >= 0.3 is 0 Å². The monoisotopic (exact) mass is 274 g/mol. The normalized spacial score (nSPS) is 15.0. The highest BCUT2D eigenvalue weighted by Gasteiger charge is 2.15. The zero-order valence-electron chi connectivity index (χ0n) is 11.0. The number of hydrogen-bond donors (Lipinski definition) is 0. The highest BCUT2D eigenvalue weighted by atomic mass is 32.2. The third-order valence-electron chi connectivity index (χ3n) is 3.26. The molecule has 1 aliphatic heterocycles. The van der Waals surface area contributed by atoms with Crippen molar-refractivity contribution < 1.29 is 4.79 Å². The van der Waals surface area contributed by atoms with Crippen LogP contribution in [-0.2, 0) is 10.5 Å². The maximum Gasteiger partial charge on any atom is 0.232 e. The van der Waals surface area contributed by atoms with Crippen LogP contribution < -0.4 is 0 Å². The molecule has 1 aromatic rings. The lowest BCUT2D eigenvalue weighted by Crippen LogP contribution is -2.36. The molecule has 0 spiro atoms. The van der Waals surface area contributed by atoms with Gasteiger partial charge in [0, 0.05) is 18.8 Å². The molecule has 0 saturated carbocycles. The maximum atomic E-state index is 12.0. The van der Waals surface area contributed by atoms with E-state index in [0.29, 0.717) is 11.3 Å². The summed E-state index contributed by atoms with van der Waals surface area (Å²) in [4.78, 5) is 13.9. The van der Waals surface area contributed by atoms with Gasteiger partial charge in [-0.3, -0.25) is 4.79 Å². The fraction of sp³-hybridized carbons (Fsp3) is 0.467. The Morgan fingerprint density at radius 2 is 2.11 bits per heavy atom. The number of likely N-dealkylation sites (tertiary alicyclic amines) is 1. The molecule has 0 aromatic heterocycles. The molecular formula is C15H18N2OS. The van der Waals surface area contributed by atoms with Crippen LogP contribution in [0, 0.1) is 11.3 Å². The van der Waals surface area contributed by atoms with Crippen molar-refractivity contribution in [1.82, 2.24) is 4.90 Å². The smallest absolute Gasteiger partial charge is 0.232 e. The summed E-state index contributed by atoms with van der Waals surface area (Å²) in [5, 5.41) is 8.83. The second kappa shape index (κ2) is 7.20. The minimum absolute atomic E-state index is 0.251. The van der Waals surface area contributed by atoms with E-state index in [0.717, 1.165) is 37.2 Å². The fourth-order valence-corrected chi connectivity index (χ4v) is 3.10. The van der Waals surface area contributed by atoms with E-state index in [9.17, 15) is 4.79 Å². The molecule has 19 heavy (non-hydrogen) atoms. The fourth-order valence-electron chi connectivity index (χ4n) is 2.22. The largest absolute Gasteiger partial charge is 0.342 e. The summed E-state index contributed by atoms with van der Waals surface area (Å²) in [5.74, 6) is 1.58. The molecule has 1 aliphatic rings. The molecule has 4 heteroatoms. The van der Waals surface area contributed by atoms with Gasteiger partial charge in [-0.15, -0.1) is 11.8 Å². The third-order valence-corrected chi connectivity index (χ3v) is 4.25. The van der Waals surface area contributed by atoms with Crippen molar-refractivity contribution in [1.29, 1.82) is 5.26 Å². The Kier molecular flexibility index (Phi) is 5.29. The van der Waals surface area contributed by atoms with Gasteiger partial charge in [0.05, 0.1) is 17.4 Å². The van der Waals surface area contributed by atoms with Crippen LogP contribution in [0.3, 0.4) is 0 Å². The molecule has 3 nitrogen and oxygen atoms in total. The number of carbonyl (C=O) groups excluding carboxylic acids is 1. The number of hydrogen-bond acceptors (Lipinski definition) is 3. The Hall–Kier alpha value is -1.47. The summed E-state index contributed by atoms with van der Waals surface area (Å²) >= 11 is 1.63.